The minimum absolute atomic E-state index is 0.215. The Balaban J connectivity index is 1.50. The largest absolute Gasteiger partial charge is 0.203 e. The Kier molecular flexibility index (Phi) is 6.52. The van der Waals surface area contributed by atoms with Gasteiger partial charge in [-0.25, -0.2) is 8.78 Å². The fourth-order valence-electron chi connectivity index (χ4n) is 5.32. The van der Waals surface area contributed by atoms with Crippen LogP contribution in [0.4, 0.5) is 8.78 Å². The Morgan fingerprint density at radius 2 is 1.44 bits per heavy atom. The quantitative estimate of drug-likeness (QED) is 0.515. The molecule has 0 bridgehead atoms. The molecule has 0 N–H and O–H groups in total. The Morgan fingerprint density at radius 1 is 0.840 bits per heavy atom. The van der Waals surface area contributed by atoms with Gasteiger partial charge in [-0.15, -0.1) is 0 Å². The van der Waals surface area contributed by atoms with Crippen molar-refractivity contribution in [2.75, 3.05) is 0 Å². The molecule has 1 aromatic carbocycles. The summed E-state index contributed by atoms with van der Waals surface area (Å²) < 4.78 is 28.1. The van der Waals surface area contributed by atoms with Gasteiger partial charge in [0.05, 0.1) is 0 Å². The first-order valence-corrected chi connectivity index (χ1v) is 10.5. The molecule has 2 saturated carbocycles. The maximum atomic E-state index is 14.3. The first kappa shape index (κ1) is 18.9. The lowest BCUT2D eigenvalue weighted by molar-refractivity contribution is 0.155. The van der Waals surface area contributed by atoms with E-state index in [1.807, 2.05) is 6.07 Å². The van der Waals surface area contributed by atoms with Crippen molar-refractivity contribution in [2.45, 2.75) is 90.4 Å². The van der Waals surface area contributed by atoms with E-state index in [9.17, 15) is 8.78 Å². The van der Waals surface area contributed by atoms with Crippen molar-refractivity contribution >= 4 is 0 Å². The van der Waals surface area contributed by atoms with E-state index in [-0.39, 0.29) is 5.92 Å². The van der Waals surface area contributed by atoms with Crippen LogP contribution in [0.2, 0.25) is 0 Å². The van der Waals surface area contributed by atoms with Gasteiger partial charge in [-0.3, -0.25) is 0 Å². The van der Waals surface area contributed by atoms with Gasteiger partial charge in [-0.05, 0) is 80.2 Å². The number of hydrogen-bond acceptors (Lipinski definition) is 0. The average molecular weight is 349 g/mol. The third kappa shape index (κ3) is 4.44. The summed E-state index contributed by atoms with van der Waals surface area (Å²) in [5.41, 5.74) is 1.03. The Labute approximate surface area is 152 Å². The molecule has 2 heteroatoms. The highest BCUT2D eigenvalue weighted by Gasteiger charge is 2.32. The number of halogens is 2. The monoisotopic (exact) mass is 348 g/mol. The number of benzene rings is 1. The third-order valence-electron chi connectivity index (χ3n) is 7.04. The molecule has 2 aliphatic rings. The summed E-state index contributed by atoms with van der Waals surface area (Å²) >= 11 is 0. The molecule has 140 valence electrons. The number of aryl methyl sites for hydroxylation is 1. The highest BCUT2D eigenvalue weighted by molar-refractivity contribution is 5.28. The topological polar surface area (TPSA) is 0 Å². The lowest BCUT2D eigenvalue weighted by Gasteiger charge is -2.38. The van der Waals surface area contributed by atoms with Crippen molar-refractivity contribution < 1.29 is 8.78 Å². The smallest absolute Gasteiger partial charge is 0.162 e. The number of rotatable bonds is 5. The molecule has 25 heavy (non-hydrogen) atoms. The minimum Gasteiger partial charge on any atom is -0.203 e. The van der Waals surface area contributed by atoms with Gasteiger partial charge in [0.15, 0.2) is 11.6 Å². The first-order chi connectivity index (χ1) is 12.1. The van der Waals surface area contributed by atoms with Gasteiger partial charge < -0.3 is 0 Å². The lowest BCUT2D eigenvalue weighted by atomic mass is 9.68. The van der Waals surface area contributed by atoms with E-state index in [4.69, 9.17) is 0 Å². The molecule has 0 saturated heterocycles. The maximum absolute atomic E-state index is 14.3. The van der Waals surface area contributed by atoms with Crippen LogP contribution in [0.3, 0.4) is 0 Å². The van der Waals surface area contributed by atoms with Crippen LogP contribution in [0, 0.1) is 36.3 Å². The zero-order valence-corrected chi connectivity index (χ0v) is 16.0. The standard InChI is InChI=1S/C23H34F2/c1-3-4-5-17-7-9-18(10-8-17)19-11-13-20(14-12-19)21-15-6-16(2)22(24)23(21)25/h6,15,17-20H,3-5,7-14H2,1-2H3. The van der Waals surface area contributed by atoms with Crippen LogP contribution in [-0.4, -0.2) is 0 Å². The van der Waals surface area contributed by atoms with Gasteiger partial charge in [-0.1, -0.05) is 51.2 Å². The van der Waals surface area contributed by atoms with Crippen molar-refractivity contribution in [3.05, 3.63) is 34.9 Å². The molecule has 1 aromatic rings. The van der Waals surface area contributed by atoms with Gasteiger partial charge in [0, 0.05) is 0 Å². The maximum Gasteiger partial charge on any atom is 0.162 e. The summed E-state index contributed by atoms with van der Waals surface area (Å²) in [5.74, 6) is 1.65. The molecule has 2 fully saturated rings. The lowest BCUT2D eigenvalue weighted by Crippen LogP contribution is -2.25. The van der Waals surface area contributed by atoms with E-state index in [0.29, 0.717) is 11.1 Å². The number of unbranched alkanes of at least 4 members (excludes halogenated alkanes) is 1. The molecule has 0 unspecified atom stereocenters. The number of hydrogen-bond donors (Lipinski definition) is 0. The summed E-state index contributed by atoms with van der Waals surface area (Å²) in [5, 5.41) is 0. The summed E-state index contributed by atoms with van der Waals surface area (Å²) in [6.07, 6.45) is 14.2. The van der Waals surface area contributed by atoms with Gasteiger partial charge in [0.25, 0.3) is 0 Å². The molecule has 0 heterocycles. The van der Waals surface area contributed by atoms with Crippen LogP contribution in [-0.2, 0) is 0 Å². The third-order valence-corrected chi connectivity index (χ3v) is 7.04. The summed E-state index contributed by atoms with van der Waals surface area (Å²) in [6, 6.07) is 3.55. The van der Waals surface area contributed by atoms with Crippen molar-refractivity contribution in [1.29, 1.82) is 0 Å². The molecule has 0 atom stereocenters. The predicted octanol–water partition coefficient (Wildman–Crippen LogP) is 7.54. The first-order valence-electron chi connectivity index (χ1n) is 10.5. The van der Waals surface area contributed by atoms with Crippen molar-refractivity contribution in [2.24, 2.45) is 17.8 Å². The van der Waals surface area contributed by atoms with Crippen LogP contribution in [0.5, 0.6) is 0 Å². The zero-order chi connectivity index (χ0) is 17.8. The second-order valence-electron chi connectivity index (χ2n) is 8.63. The summed E-state index contributed by atoms with van der Waals surface area (Å²) in [7, 11) is 0. The van der Waals surface area contributed by atoms with E-state index in [1.165, 1.54) is 57.8 Å². The van der Waals surface area contributed by atoms with Gasteiger partial charge >= 0.3 is 0 Å². The molecule has 0 nitrogen and oxygen atoms in total. The highest BCUT2D eigenvalue weighted by atomic mass is 19.2. The van der Waals surface area contributed by atoms with E-state index in [0.717, 1.165) is 30.6 Å². The van der Waals surface area contributed by atoms with Gasteiger partial charge in [0.1, 0.15) is 0 Å². The normalized spacial score (nSPS) is 30.4. The molecular formula is C23H34F2. The minimum atomic E-state index is -0.648. The Bertz CT molecular complexity index is 549. The molecule has 2 aliphatic carbocycles. The van der Waals surface area contributed by atoms with E-state index in [2.05, 4.69) is 6.92 Å². The second-order valence-corrected chi connectivity index (χ2v) is 8.63. The van der Waals surface area contributed by atoms with Crippen molar-refractivity contribution in [3.8, 4) is 0 Å². The van der Waals surface area contributed by atoms with Gasteiger partial charge in [0.2, 0.25) is 0 Å². The molecule has 0 spiro atoms. The molecule has 0 aliphatic heterocycles. The van der Waals surface area contributed by atoms with Crippen LogP contribution < -0.4 is 0 Å². The van der Waals surface area contributed by atoms with Crippen LogP contribution in [0.25, 0.3) is 0 Å². The molecular weight excluding hydrogens is 314 g/mol. The Hall–Kier alpha value is -0.920. The van der Waals surface area contributed by atoms with E-state index >= 15 is 0 Å². The van der Waals surface area contributed by atoms with E-state index < -0.39 is 11.6 Å². The second kappa shape index (κ2) is 8.64. The molecule has 0 radical (unpaired) electrons. The Morgan fingerprint density at radius 3 is 2.04 bits per heavy atom. The average Bonchev–Trinajstić information content (AvgIpc) is 2.65. The fraction of sp³-hybridized carbons (Fsp3) is 0.739. The fourth-order valence-corrected chi connectivity index (χ4v) is 5.32. The molecule has 0 amide bonds. The summed E-state index contributed by atoms with van der Waals surface area (Å²) in [4.78, 5) is 0. The zero-order valence-electron chi connectivity index (χ0n) is 16.0. The SMILES string of the molecule is CCCCC1CCC(C2CCC(c3ccc(C)c(F)c3F)CC2)CC1. The predicted molar refractivity (Wildman–Crippen MR) is 101 cm³/mol. The van der Waals surface area contributed by atoms with Crippen LogP contribution >= 0.6 is 0 Å². The van der Waals surface area contributed by atoms with Crippen molar-refractivity contribution in [1.82, 2.24) is 0 Å². The summed E-state index contributed by atoms with van der Waals surface area (Å²) in [6.45, 7) is 3.92. The van der Waals surface area contributed by atoms with E-state index in [1.54, 1.807) is 13.0 Å². The highest BCUT2D eigenvalue weighted by Crippen LogP contribution is 2.45. The van der Waals surface area contributed by atoms with Crippen LogP contribution in [0.1, 0.15) is 94.6 Å². The molecule has 0 aromatic heterocycles. The van der Waals surface area contributed by atoms with Gasteiger partial charge in [-0.2, -0.15) is 0 Å². The van der Waals surface area contributed by atoms with Crippen LogP contribution in [0.15, 0.2) is 12.1 Å². The molecule has 3 rings (SSSR count). The van der Waals surface area contributed by atoms with Crippen molar-refractivity contribution in [3.63, 3.8) is 0 Å².